The Kier molecular flexibility index (Phi) is 4.94. The van der Waals surface area contributed by atoms with Crippen molar-refractivity contribution in [3.8, 4) is 0 Å². The predicted octanol–water partition coefficient (Wildman–Crippen LogP) is -0.635. The van der Waals surface area contributed by atoms with Gasteiger partial charge in [-0.1, -0.05) is 18.2 Å². The van der Waals surface area contributed by atoms with E-state index in [4.69, 9.17) is 0 Å². The predicted molar refractivity (Wildman–Crippen MR) is 61.4 cm³/mol. The second-order valence-electron chi connectivity index (χ2n) is 3.84. The van der Waals surface area contributed by atoms with Crippen LogP contribution >= 0.6 is 0 Å². The van der Waals surface area contributed by atoms with Crippen LogP contribution < -0.4 is 51.4 Å². The minimum Gasteiger partial charge on any atom is -0.744 e. The van der Waals surface area contributed by atoms with Crippen LogP contribution in [0.25, 0.3) is 10.8 Å². The van der Waals surface area contributed by atoms with Crippen molar-refractivity contribution < 1.29 is 64.4 Å². The molecule has 0 spiro atoms. The minimum atomic E-state index is -4.37. The molecule has 3 nitrogen and oxygen atoms in total. The van der Waals surface area contributed by atoms with Crippen molar-refractivity contribution in [2.45, 2.75) is 18.7 Å². The van der Waals surface area contributed by atoms with Crippen LogP contribution in [-0.2, 0) is 10.1 Å². The van der Waals surface area contributed by atoms with Gasteiger partial charge in [-0.3, -0.25) is 0 Å². The molecule has 2 aromatic rings. The average Bonchev–Trinajstić information content (AvgIpc) is 2.22. The summed E-state index contributed by atoms with van der Waals surface area (Å²) in [4.78, 5) is -0.172. The van der Waals surface area contributed by atoms with E-state index in [1.807, 2.05) is 26.0 Å². The molecule has 0 unspecified atom stereocenters. The number of hydrogen-bond donors (Lipinski definition) is 0. The van der Waals surface area contributed by atoms with Crippen molar-refractivity contribution in [1.29, 1.82) is 0 Å². The molecule has 84 valence electrons. The van der Waals surface area contributed by atoms with Gasteiger partial charge in [0.2, 0.25) is 0 Å². The molecule has 0 bridgehead atoms. The number of fused-ring (bicyclic) bond motifs is 1. The van der Waals surface area contributed by atoms with Crippen molar-refractivity contribution in [3.63, 3.8) is 0 Å². The molecule has 0 atom stereocenters. The Hall–Kier alpha value is 0.246. The molecule has 0 saturated heterocycles. The van der Waals surface area contributed by atoms with E-state index < -0.39 is 10.1 Å². The van der Waals surface area contributed by atoms with E-state index in [2.05, 4.69) is 0 Å². The van der Waals surface area contributed by atoms with Crippen LogP contribution in [0.3, 0.4) is 0 Å². The molecule has 0 fully saturated rings. The standard InChI is InChI=1S/C12H12O3S.K/c1-8-3-4-10-5-6-11(16(13,14)15)7-12(10)9(8)2;/h3-7H,1-2H3,(H,13,14,15);/q;+1/p-1. The molecule has 5 heteroatoms. The Labute approximate surface area is 143 Å². The molecule has 17 heavy (non-hydrogen) atoms. The third-order valence-corrected chi connectivity index (χ3v) is 3.65. The fraction of sp³-hybridized carbons (Fsp3) is 0.167. The first-order valence-corrected chi connectivity index (χ1v) is 6.26. The maximum absolute atomic E-state index is 10.9. The summed E-state index contributed by atoms with van der Waals surface area (Å²) in [6.45, 7) is 3.87. The van der Waals surface area contributed by atoms with Gasteiger partial charge in [-0.05, 0) is 47.9 Å². The zero-order valence-corrected chi connectivity index (χ0v) is 14.0. The molecule has 0 aliphatic carbocycles. The molecule has 0 aliphatic heterocycles. The van der Waals surface area contributed by atoms with E-state index >= 15 is 0 Å². The van der Waals surface area contributed by atoms with Crippen molar-refractivity contribution in [1.82, 2.24) is 0 Å². The molecular weight excluding hydrogens is 263 g/mol. The maximum Gasteiger partial charge on any atom is 1.00 e. The van der Waals surface area contributed by atoms with Crippen LogP contribution in [0.15, 0.2) is 35.2 Å². The van der Waals surface area contributed by atoms with E-state index in [9.17, 15) is 13.0 Å². The van der Waals surface area contributed by atoms with Gasteiger partial charge in [0.15, 0.2) is 0 Å². The van der Waals surface area contributed by atoms with Crippen LogP contribution in [0.5, 0.6) is 0 Å². The van der Waals surface area contributed by atoms with E-state index in [1.54, 1.807) is 6.07 Å². The van der Waals surface area contributed by atoms with Crippen molar-refractivity contribution in [3.05, 3.63) is 41.5 Å². The summed E-state index contributed by atoms with van der Waals surface area (Å²) in [5.74, 6) is 0. The largest absolute Gasteiger partial charge is 1.00 e. The molecule has 0 heterocycles. The quantitative estimate of drug-likeness (QED) is 0.514. The van der Waals surface area contributed by atoms with Gasteiger partial charge in [0, 0.05) is 0 Å². The Balaban J connectivity index is 0.00000144. The molecule has 0 amide bonds. The smallest absolute Gasteiger partial charge is 0.744 e. The first kappa shape index (κ1) is 15.3. The van der Waals surface area contributed by atoms with E-state index in [0.29, 0.717) is 0 Å². The first-order chi connectivity index (χ1) is 7.39. The molecule has 2 aromatic carbocycles. The second-order valence-corrected chi connectivity index (χ2v) is 5.22. The van der Waals surface area contributed by atoms with Gasteiger partial charge < -0.3 is 4.55 Å². The van der Waals surface area contributed by atoms with Crippen LogP contribution in [0.1, 0.15) is 11.1 Å². The normalized spacial score (nSPS) is 11.2. The molecule has 0 aliphatic rings. The summed E-state index contributed by atoms with van der Waals surface area (Å²) < 4.78 is 32.8. The molecule has 0 aromatic heterocycles. The van der Waals surface area contributed by atoms with Gasteiger partial charge >= 0.3 is 51.4 Å². The van der Waals surface area contributed by atoms with Gasteiger partial charge in [0.1, 0.15) is 10.1 Å². The molecule has 0 saturated carbocycles. The number of benzene rings is 2. The minimum absolute atomic E-state index is 0. The van der Waals surface area contributed by atoms with Crippen molar-refractivity contribution in [2.24, 2.45) is 0 Å². The Bertz CT molecular complexity index is 663. The van der Waals surface area contributed by atoms with Gasteiger partial charge in [-0.2, -0.15) is 0 Å². The third-order valence-electron chi connectivity index (χ3n) is 2.82. The number of aryl methyl sites for hydroxylation is 2. The van der Waals surface area contributed by atoms with E-state index in [1.165, 1.54) is 12.1 Å². The molecule has 0 radical (unpaired) electrons. The first-order valence-electron chi connectivity index (χ1n) is 4.85. The Morgan fingerprint density at radius 1 is 1.06 bits per heavy atom. The second kappa shape index (κ2) is 5.48. The fourth-order valence-electron chi connectivity index (χ4n) is 1.71. The number of rotatable bonds is 1. The van der Waals surface area contributed by atoms with E-state index in [0.717, 1.165) is 21.9 Å². The van der Waals surface area contributed by atoms with Crippen LogP contribution in [0.2, 0.25) is 0 Å². The monoisotopic (exact) mass is 274 g/mol. The summed E-state index contributed by atoms with van der Waals surface area (Å²) in [5.41, 5.74) is 2.08. The zero-order chi connectivity index (χ0) is 11.9. The number of hydrogen-bond acceptors (Lipinski definition) is 3. The van der Waals surface area contributed by atoms with Crippen molar-refractivity contribution in [2.75, 3.05) is 0 Å². The Morgan fingerprint density at radius 2 is 1.65 bits per heavy atom. The summed E-state index contributed by atoms with van der Waals surface area (Å²) in [6, 6.07) is 8.34. The molecular formula is C12H11KO3S. The van der Waals surface area contributed by atoms with Crippen LogP contribution in [0, 0.1) is 13.8 Å². The fourth-order valence-corrected chi connectivity index (χ4v) is 2.21. The van der Waals surface area contributed by atoms with Gasteiger partial charge in [0.25, 0.3) is 0 Å². The summed E-state index contributed by atoms with van der Waals surface area (Å²) in [5, 5.41) is 1.76. The summed E-state index contributed by atoms with van der Waals surface area (Å²) >= 11 is 0. The zero-order valence-electron chi connectivity index (χ0n) is 10.0. The Morgan fingerprint density at radius 3 is 2.24 bits per heavy atom. The third kappa shape index (κ3) is 3.17. The van der Waals surface area contributed by atoms with Crippen LogP contribution in [-0.4, -0.2) is 13.0 Å². The van der Waals surface area contributed by atoms with Crippen LogP contribution in [0.4, 0.5) is 0 Å². The van der Waals surface area contributed by atoms with Gasteiger partial charge in [-0.25, -0.2) is 8.42 Å². The van der Waals surface area contributed by atoms with Crippen molar-refractivity contribution >= 4 is 20.9 Å². The topological polar surface area (TPSA) is 57.2 Å². The molecule has 0 N–H and O–H groups in total. The van der Waals surface area contributed by atoms with Gasteiger partial charge in [0.05, 0.1) is 4.90 Å². The SMILES string of the molecule is Cc1ccc2ccc(S(=O)(=O)[O-])cc2c1C.[K+]. The molecule has 2 rings (SSSR count). The summed E-state index contributed by atoms with van der Waals surface area (Å²) in [6.07, 6.45) is 0. The maximum atomic E-state index is 10.9. The van der Waals surface area contributed by atoms with E-state index in [-0.39, 0.29) is 56.3 Å². The average molecular weight is 274 g/mol. The summed E-state index contributed by atoms with van der Waals surface area (Å²) in [7, 11) is -4.37. The van der Waals surface area contributed by atoms with Gasteiger partial charge in [-0.15, -0.1) is 0 Å².